The van der Waals surface area contributed by atoms with Gasteiger partial charge in [-0.1, -0.05) is 11.6 Å². The van der Waals surface area contributed by atoms with Crippen molar-refractivity contribution in [1.29, 1.82) is 0 Å². The van der Waals surface area contributed by atoms with E-state index in [1.165, 1.54) is 29.1 Å². The fourth-order valence-corrected chi connectivity index (χ4v) is 5.09. The number of amides is 2. The summed E-state index contributed by atoms with van der Waals surface area (Å²) in [5.74, 6) is 0.0313. The molecule has 2 aliphatic rings. The van der Waals surface area contributed by atoms with Crippen LogP contribution in [0.4, 0.5) is 10.5 Å². The zero-order chi connectivity index (χ0) is 25.9. The van der Waals surface area contributed by atoms with Crippen molar-refractivity contribution in [3.8, 4) is 11.4 Å². The number of nitrogens with one attached hydrogen (secondary N) is 2. The van der Waals surface area contributed by atoms with Crippen LogP contribution < -0.4 is 25.8 Å². The summed E-state index contributed by atoms with van der Waals surface area (Å²) in [4.78, 5) is 39.8. The number of pyridine rings is 1. The molecule has 3 heterocycles. The van der Waals surface area contributed by atoms with Crippen LogP contribution in [0, 0.1) is 6.92 Å². The molecule has 3 aromatic rings. The molecule has 1 aromatic carbocycles. The highest BCUT2D eigenvalue weighted by atomic mass is 35.5. The number of rotatable bonds is 10. The van der Waals surface area contributed by atoms with Crippen LogP contribution in [0.1, 0.15) is 28.1 Å². The average Bonchev–Trinajstić information content (AvgIpc) is 3.48. The molecule has 2 amide bonds. The lowest BCUT2D eigenvalue weighted by atomic mass is 10.1. The molecule has 1 aliphatic heterocycles. The van der Waals surface area contributed by atoms with E-state index < -0.39 is 12.2 Å². The minimum absolute atomic E-state index is 0.187. The lowest BCUT2D eigenvalue weighted by Gasteiger charge is -2.17. The highest BCUT2D eigenvalue weighted by molar-refractivity contribution is 7.18. The van der Waals surface area contributed by atoms with Crippen LogP contribution in [0.25, 0.3) is 5.69 Å². The Morgan fingerprint density at radius 1 is 1.22 bits per heavy atom. The lowest BCUT2D eigenvalue weighted by Crippen LogP contribution is -2.34. The molecule has 5 rings (SSSR count). The SMILES string of the molecule is Cc1cc(N2C[C@H](CNC(=O)c3ccc(Cl)s3)OC2=O)ccc1-n1cccc(OCCNC2CC2)c1=O. The zero-order valence-corrected chi connectivity index (χ0v) is 21.8. The predicted molar refractivity (Wildman–Crippen MR) is 143 cm³/mol. The molecular weight excluding hydrogens is 516 g/mol. The van der Waals surface area contributed by atoms with Crippen molar-refractivity contribution in [1.82, 2.24) is 15.2 Å². The van der Waals surface area contributed by atoms with Gasteiger partial charge in [-0.3, -0.25) is 19.1 Å². The Bertz CT molecular complexity index is 1370. The molecule has 2 aromatic heterocycles. The Labute approximate surface area is 222 Å². The molecule has 2 fully saturated rings. The molecule has 0 unspecified atom stereocenters. The summed E-state index contributed by atoms with van der Waals surface area (Å²) in [6, 6.07) is 12.8. The fourth-order valence-electron chi connectivity index (χ4n) is 4.13. The second-order valence-corrected chi connectivity index (χ2v) is 10.7. The summed E-state index contributed by atoms with van der Waals surface area (Å²) in [5.41, 5.74) is 1.91. The van der Waals surface area contributed by atoms with Crippen molar-refractivity contribution in [3.63, 3.8) is 0 Å². The summed E-state index contributed by atoms with van der Waals surface area (Å²) in [6.07, 6.45) is 3.12. The Hall–Kier alpha value is -3.34. The van der Waals surface area contributed by atoms with E-state index in [2.05, 4.69) is 10.6 Å². The van der Waals surface area contributed by atoms with Crippen molar-refractivity contribution in [2.45, 2.75) is 31.9 Å². The van der Waals surface area contributed by atoms with Gasteiger partial charge in [0, 0.05) is 24.5 Å². The van der Waals surface area contributed by atoms with Crippen molar-refractivity contribution in [2.75, 3.05) is 31.1 Å². The standard InChI is InChI=1S/C26H27ClN4O5S/c1-16-13-18(31-15-19(36-26(31)34)14-29-24(32)22-8-9-23(27)37-22)6-7-20(16)30-11-2-3-21(25(30)33)35-12-10-28-17-4-5-17/h2-3,6-9,11,13,17,19,28H,4-5,10,12,14-15H2,1H3,(H,29,32)/t19-/m0/s1. The van der Waals surface area contributed by atoms with Crippen LogP contribution >= 0.6 is 22.9 Å². The summed E-state index contributed by atoms with van der Waals surface area (Å²) < 4.78 is 13.2. The zero-order valence-electron chi connectivity index (χ0n) is 20.2. The van der Waals surface area contributed by atoms with E-state index in [9.17, 15) is 14.4 Å². The third-order valence-corrected chi connectivity index (χ3v) is 7.43. The molecule has 0 bridgehead atoms. The normalized spacial score (nSPS) is 17.1. The van der Waals surface area contributed by atoms with Crippen LogP contribution in [0.3, 0.4) is 0 Å². The van der Waals surface area contributed by atoms with Gasteiger partial charge in [-0.05, 0) is 67.8 Å². The summed E-state index contributed by atoms with van der Waals surface area (Å²) in [5, 5.41) is 6.14. The van der Waals surface area contributed by atoms with E-state index in [-0.39, 0.29) is 18.0 Å². The first-order valence-corrected chi connectivity index (χ1v) is 13.3. The number of carbonyl (C=O) groups is 2. The smallest absolute Gasteiger partial charge is 0.414 e. The van der Waals surface area contributed by atoms with E-state index >= 15 is 0 Å². The first-order chi connectivity index (χ1) is 17.9. The quantitative estimate of drug-likeness (QED) is 0.378. The number of benzene rings is 1. The topological polar surface area (TPSA) is 102 Å². The number of hydrogen-bond donors (Lipinski definition) is 2. The molecule has 0 spiro atoms. The van der Waals surface area contributed by atoms with Gasteiger partial charge in [0.1, 0.15) is 12.7 Å². The van der Waals surface area contributed by atoms with E-state index in [0.717, 1.165) is 5.56 Å². The van der Waals surface area contributed by atoms with E-state index in [1.54, 1.807) is 47.2 Å². The number of aryl methyl sites for hydroxylation is 1. The van der Waals surface area contributed by atoms with Gasteiger partial charge < -0.3 is 20.1 Å². The number of thiophene rings is 1. The van der Waals surface area contributed by atoms with Crippen LogP contribution in [0.5, 0.6) is 5.75 Å². The molecule has 1 saturated heterocycles. The number of nitrogens with zero attached hydrogens (tertiary/aromatic N) is 2. The number of ether oxygens (including phenoxy) is 2. The third kappa shape index (κ3) is 5.98. The van der Waals surface area contributed by atoms with Crippen molar-refractivity contribution < 1.29 is 19.1 Å². The second kappa shape index (κ2) is 11.0. The summed E-state index contributed by atoms with van der Waals surface area (Å²) in [7, 11) is 0. The van der Waals surface area contributed by atoms with Gasteiger partial charge in [0.15, 0.2) is 5.75 Å². The average molecular weight is 543 g/mol. The van der Waals surface area contributed by atoms with Gasteiger partial charge in [0.25, 0.3) is 11.5 Å². The van der Waals surface area contributed by atoms with Gasteiger partial charge in [-0.25, -0.2) is 4.79 Å². The Balaban J connectivity index is 1.22. The monoisotopic (exact) mass is 542 g/mol. The number of hydrogen-bond acceptors (Lipinski definition) is 7. The van der Waals surface area contributed by atoms with Crippen molar-refractivity contribution in [2.24, 2.45) is 0 Å². The summed E-state index contributed by atoms with van der Waals surface area (Å²) in [6.45, 7) is 3.48. The molecule has 0 radical (unpaired) electrons. The number of cyclic esters (lactones) is 1. The van der Waals surface area contributed by atoms with Crippen LogP contribution in [0.2, 0.25) is 4.34 Å². The number of anilines is 1. The van der Waals surface area contributed by atoms with Crippen LogP contribution in [-0.4, -0.2) is 55.0 Å². The molecule has 1 aliphatic carbocycles. The van der Waals surface area contributed by atoms with E-state index in [1.807, 2.05) is 13.0 Å². The Kier molecular flexibility index (Phi) is 7.50. The number of halogens is 1. The molecule has 37 heavy (non-hydrogen) atoms. The molecule has 9 nitrogen and oxygen atoms in total. The maximum absolute atomic E-state index is 13.0. The van der Waals surface area contributed by atoms with E-state index in [4.69, 9.17) is 21.1 Å². The first kappa shape index (κ1) is 25.3. The highest BCUT2D eigenvalue weighted by Gasteiger charge is 2.33. The van der Waals surface area contributed by atoms with Gasteiger partial charge >= 0.3 is 6.09 Å². The molecule has 1 saturated carbocycles. The fraction of sp³-hybridized carbons (Fsp3) is 0.346. The number of carbonyl (C=O) groups excluding carboxylic acids is 2. The minimum Gasteiger partial charge on any atom is -0.487 e. The molecule has 11 heteroatoms. The largest absolute Gasteiger partial charge is 0.487 e. The lowest BCUT2D eigenvalue weighted by molar-refractivity contribution is 0.0920. The molecule has 2 N–H and O–H groups in total. The van der Waals surface area contributed by atoms with Crippen molar-refractivity contribution >= 4 is 40.6 Å². The predicted octanol–water partition coefficient (Wildman–Crippen LogP) is 3.75. The maximum Gasteiger partial charge on any atom is 0.414 e. The first-order valence-electron chi connectivity index (χ1n) is 12.1. The van der Waals surface area contributed by atoms with Gasteiger partial charge in [0.05, 0.1) is 28.0 Å². The molecule has 194 valence electrons. The van der Waals surface area contributed by atoms with Gasteiger partial charge in [-0.15, -0.1) is 11.3 Å². The van der Waals surface area contributed by atoms with Crippen LogP contribution in [0.15, 0.2) is 53.5 Å². The van der Waals surface area contributed by atoms with Crippen LogP contribution in [-0.2, 0) is 4.74 Å². The number of aromatic nitrogens is 1. The molecule has 1 atom stereocenters. The third-order valence-electron chi connectivity index (χ3n) is 6.20. The Morgan fingerprint density at radius 2 is 2.05 bits per heavy atom. The maximum atomic E-state index is 13.0. The minimum atomic E-state index is -0.488. The Morgan fingerprint density at radius 3 is 2.78 bits per heavy atom. The molecular formula is C26H27ClN4O5S. The summed E-state index contributed by atoms with van der Waals surface area (Å²) >= 11 is 7.08. The van der Waals surface area contributed by atoms with Gasteiger partial charge in [0.2, 0.25) is 0 Å². The van der Waals surface area contributed by atoms with Crippen molar-refractivity contribution in [3.05, 3.63) is 73.8 Å². The second-order valence-electron chi connectivity index (χ2n) is 9.03. The van der Waals surface area contributed by atoms with Gasteiger partial charge in [-0.2, -0.15) is 0 Å². The van der Waals surface area contributed by atoms with E-state index in [0.29, 0.717) is 52.1 Å². The highest BCUT2D eigenvalue weighted by Crippen LogP contribution is 2.26.